The number of hydrogen-bond acceptors (Lipinski definition) is 3. The standard InChI is InChI=1S/C18H16ClFN2OS/c19-15-8-4-9-16(20)14(15)12-17(23)22-10-5-11-24-18(22)21-13-6-2-1-3-7-13/h1-4,6-9H,5,10-12H2. The van der Waals surface area contributed by atoms with Gasteiger partial charge < -0.3 is 0 Å². The lowest BCUT2D eigenvalue weighted by molar-refractivity contribution is -0.126. The lowest BCUT2D eigenvalue weighted by atomic mass is 10.1. The topological polar surface area (TPSA) is 32.7 Å². The number of benzene rings is 2. The Morgan fingerprint density at radius 1 is 1.21 bits per heavy atom. The highest BCUT2D eigenvalue weighted by Crippen LogP contribution is 2.25. The third-order valence-corrected chi connectivity index (χ3v) is 5.08. The number of carbonyl (C=O) groups is 1. The van der Waals surface area contributed by atoms with E-state index in [0.717, 1.165) is 17.9 Å². The maximum atomic E-state index is 13.9. The number of thioether (sulfide) groups is 1. The number of amides is 1. The Balaban J connectivity index is 1.83. The van der Waals surface area contributed by atoms with Crippen molar-refractivity contribution in [3.8, 4) is 0 Å². The number of aliphatic imine (C=N–C) groups is 1. The fraction of sp³-hybridized carbons (Fsp3) is 0.222. The van der Waals surface area contributed by atoms with Crippen LogP contribution in [0.25, 0.3) is 0 Å². The Morgan fingerprint density at radius 3 is 2.75 bits per heavy atom. The highest BCUT2D eigenvalue weighted by Gasteiger charge is 2.25. The first-order valence-electron chi connectivity index (χ1n) is 7.65. The second kappa shape index (κ2) is 7.81. The molecule has 1 aliphatic heterocycles. The highest BCUT2D eigenvalue weighted by molar-refractivity contribution is 8.13. The van der Waals surface area contributed by atoms with Gasteiger partial charge in [0.25, 0.3) is 0 Å². The van der Waals surface area contributed by atoms with E-state index in [0.29, 0.717) is 11.7 Å². The molecule has 0 aliphatic carbocycles. The van der Waals surface area contributed by atoms with E-state index < -0.39 is 5.82 Å². The van der Waals surface area contributed by atoms with Crippen molar-refractivity contribution in [2.24, 2.45) is 4.99 Å². The normalized spacial score (nSPS) is 16.4. The first-order valence-corrected chi connectivity index (χ1v) is 9.01. The predicted octanol–water partition coefficient (Wildman–Crippen LogP) is 4.67. The Morgan fingerprint density at radius 2 is 2.00 bits per heavy atom. The molecule has 0 N–H and O–H groups in total. The van der Waals surface area contributed by atoms with Gasteiger partial charge in [0.2, 0.25) is 5.91 Å². The van der Waals surface area contributed by atoms with Crippen LogP contribution in [-0.2, 0) is 11.2 Å². The summed E-state index contributed by atoms with van der Waals surface area (Å²) in [5, 5.41) is 0.930. The van der Waals surface area contributed by atoms with Crippen molar-refractivity contribution in [2.75, 3.05) is 12.3 Å². The second-order valence-electron chi connectivity index (χ2n) is 5.35. The van der Waals surface area contributed by atoms with Crippen molar-refractivity contribution in [3.63, 3.8) is 0 Å². The molecule has 1 amide bonds. The summed E-state index contributed by atoms with van der Waals surface area (Å²) in [4.78, 5) is 18.9. The molecule has 0 saturated carbocycles. The summed E-state index contributed by atoms with van der Waals surface area (Å²) in [7, 11) is 0. The highest BCUT2D eigenvalue weighted by atomic mass is 35.5. The van der Waals surface area contributed by atoms with Crippen LogP contribution in [0.4, 0.5) is 10.1 Å². The van der Waals surface area contributed by atoms with Crippen LogP contribution >= 0.6 is 23.4 Å². The molecule has 24 heavy (non-hydrogen) atoms. The minimum absolute atomic E-state index is 0.0696. The Kier molecular flexibility index (Phi) is 5.53. The van der Waals surface area contributed by atoms with E-state index in [-0.39, 0.29) is 22.9 Å². The van der Waals surface area contributed by atoms with Gasteiger partial charge in [0.1, 0.15) is 5.82 Å². The molecule has 0 radical (unpaired) electrons. The van der Waals surface area contributed by atoms with Gasteiger partial charge in [0, 0.05) is 22.9 Å². The molecule has 0 aromatic heterocycles. The van der Waals surface area contributed by atoms with Crippen LogP contribution in [0.1, 0.15) is 12.0 Å². The van der Waals surface area contributed by atoms with Gasteiger partial charge in [-0.25, -0.2) is 9.38 Å². The van der Waals surface area contributed by atoms with Gasteiger partial charge in [-0.2, -0.15) is 0 Å². The summed E-state index contributed by atoms with van der Waals surface area (Å²) in [5.41, 5.74) is 1.03. The summed E-state index contributed by atoms with van der Waals surface area (Å²) in [6.45, 7) is 0.587. The molecule has 3 nitrogen and oxygen atoms in total. The molecule has 2 aromatic carbocycles. The van der Waals surface area contributed by atoms with Gasteiger partial charge in [-0.05, 0) is 30.7 Å². The molecule has 1 fully saturated rings. The van der Waals surface area contributed by atoms with Crippen LogP contribution in [0.5, 0.6) is 0 Å². The van der Waals surface area contributed by atoms with E-state index in [2.05, 4.69) is 4.99 Å². The average Bonchev–Trinajstić information content (AvgIpc) is 2.59. The Bertz CT molecular complexity index is 747. The number of para-hydroxylation sites is 1. The maximum Gasteiger partial charge on any atom is 0.233 e. The third-order valence-electron chi connectivity index (χ3n) is 3.66. The number of halogens is 2. The van der Waals surface area contributed by atoms with Gasteiger partial charge in [-0.3, -0.25) is 9.69 Å². The summed E-state index contributed by atoms with van der Waals surface area (Å²) in [5.74, 6) is 0.265. The summed E-state index contributed by atoms with van der Waals surface area (Å²) in [6.07, 6.45) is 0.815. The van der Waals surface area contributed by atoms with E-state index in [1.54, 1.807) is 22.7 Å². The Hall–Kier alpha value is -1.85. The molecule has 0 atom stereocenters. The number of carbonyl (C=O) groups excluding carboxylic acids is 1. The van der Waals surface area contributed by atoms with Crippen LogP contribution in [0, 0.1) is 5.82 Å². The molecule has 0 bridgehead atoms. The van der Waals surface area contributed by atoms with Crippen LogP contribution in [0.3, 0.4) is 0 Å². The number of hydrogen-bond donors (Lipinski definition) is 0. The molecule has 6 heteroatoms. The van der Waals surface area contributed by atoms with Crippen molar-refractivity contribution < 1.29 is 9.18 Å². The number of nitrogens with zero attached hydrogens (tertiary/aromatic N) is 2. The first-order chi connectivity index (χ1) is 11.6. The minimum Gasteiger partial charge on any atom is -0.291 e. The van der Waals surface area contributed by atoms with E-state index in [1.807, 2.05) is 30.3 Å². The van der Waals surface area contributed by atoms with Gasteiger partial charge in [-0.15, -0.1) is 0 Å². The van der Waals surface area contributed by atoms with Crippen LogP contribution in [0.15, 0.2) is 53.5 Å². The van der Waals surface area contributed by atoms with Crippen LogP contribution < -0.4 is 0 Å². The van der Waals surface area contributed by atoms with Gasteiger partial charge >= 0.3 is 0 Å². The summed E-state index contributed by atoms with van der Waals surface area (Å²) < 4.78 is 13.9. The Labute approximate surface area is 149 Å². The average molecular weight is 363 g/mol. The van der Waals surface area contributed by atoms with E-state index >= 15 is 0 Å². The smallest absolute Gasteiger partial charge is 0.233 e. The fourth-order valence-electron chi connectivity index (χ4n) is 2.44. The SMILES string of the molecule is O=C(Cc1c(F)cccc1Cl)N1CCCSC1=Nc1ccccc1. The zero-order valence-electron chi connectivity index (χ0n) is 12.9. The molecular formula is C18H16ClFN2OS. The summed E-state index contributed by atoms with van der Waals surface area (Å²) in [6, 6.07) is 13.9. The number of amidine groups is 1. The van der Waals surface area contributed by atoms with Crippen LogP contribution in [-0.4, -0.2) is 28.3 Å². The molecule has 1 aliphatic rings. The van der Waals surface area contributed by atoms with Crippen molar-refractivity contribution >= 4 is 40.1 Å². The van der Waals surface area contributed by atoms with E-state index in [1.165, 1.54) is 12.1 Å². The zero-order valence-corrected chi connectivity index (χ0v) is 14.5. The fourth-order valence-corrected chi connectivity index (χ4v) is 3.65. The van der Waals surface area contributed by atoms with Crippen molar-refractivity contribution in [3.05, 3.63) is 64.9 Å². The number of rotatable bonds is 3. The lowest BCUT2D eigenvalue weighted by Gasteiger charge is -2.28. The van der Waals surface area contributed by atoms with Crippen molar-refractivity contribution in [1.82, 2.24) is 4.90 Å². The molecular weight excluding hydrogens is 347 g/mol. The molecule has 1 saturated heterocycles. The lowest BCUT2D eigenvalue weighted by Crippen LogP contribution is -2.40. The quantitative estimate of drug-likeness (QED) is 0.794. The second-order valence-corrected chi connectivity index (χ2v) is 6.82. The first kappa shape index (κ1) is 17.0. The van der Waals surface area contributed by atoms with Crippen molar-refractivity contribution in [2.45, 2.75) is 12.8 Å². The molecule has 3 rings (SSSR count). The monoisotopic (exact) mass is 362 g/mol. The predicted molar refractivity (Wildman–Crippen MR) is 97.4 cm³/mol. The minimum atomic E-state index is -0.456. The van der Waals surface area contributed by atoms with Gasteiger partial charge in [-0.1, -0.05) is 47.6 Å². The molecule has 0 unspecified atom stereocenters. The molecule has 124 valence electrons. The van der Waals surface area contributed by atoms with Crippen molar-refractivity contribution in [1.29, 1.82) is 0 Å². The van der Waals surface area contributed by atoms with Crippen LogP contribution in [0.2, 0.25) is 5.02 Å². The molecule has 2 aromatic rings. The summed E-state index contributed by atoms with van der Waals surface area (Å²) >= 11 is 7.57. The molecule has 0 spiro atoms. The van der Waals surface area contributed by atoms with Gasteiger partial charge in [0.05, 0.1) is 12.1 Å². The largest absolute Gasteiger partial charge is 0.291 e. The van der Waals surface area contributed by atoms with E-state index in [9.17, 15) is 9.18 Å². The molecule has 1 heterocycles. The zero-order chi connectivity index (χ0) is 16.9. The maximum absolute atomic E-state index is 13.9. The van der Waals surface area contributed by atoms with Gasteiger partial charge in [0.15, 0.2) is 5.17 Å². The third kappa shape index (κ3) is 3.97. The van der Waals surface area contributed by atoms with E-state index in [4.69, 9.17) is 11.6 Å².